The molecule has 2 amide bonds. The van der Waals surface area contributed by atoms with Gasteiger partial charge in [0.2, 0.25) is 5.91 Å². The topological polar surface area (TPSA) is 58.6 Å². The SMILES string of the molecule is CC(C)(C)OC(=O)N1CC[C@@]2(CCC(=O)N2)C1. The van der Waals surface area contributed by atoms with E-state index >= 15 is 0 Å². The van der Waals surface area contributed by atoms with E-state index in [4.69, 9.17) is 4.74 Å². The summed E-state index contributed by atoms with van der Waals surface area (Å²) < 4.78 is 5.33. The van der Waals surface area contributed by atoms with E-state index in [1.54, 1.807) is 4.90 Å². The minimum absolute atomic E-state index is 0.0936. The Kier molecular flexibility index (Phi) is 2.79. The fourth-order valence-corrected chi connectivity index (χ4v) is 2.43. The minimum atomic E-state index is -0.467. The predicted molar refractivity (Wildman–Crippen MR) is 62.5 cm³/mol. The van der Waals surface area contributed by atoms with Crippen LogP contribution in [0, 0.1) is 0 Å². The highest BCUT2D eigenvalue weighted by Gasteiger charge is 2.45. The van der Waals surface area contributed by atoms with Crippen LogP contribution in [0.4, 0.5) is 4.79 Å². The van der Waals surface area contributed by atoms with Gasteiger partial charge in [0, 0.05) is 19.5 Å². The predicted octanol–water partition coefficient (Wildman–Crippen LogP) is 1.28. The minimum Gasteiger partial charge on any atom is -0.444 e. The number of carbonyl (C=O) groups excluding carboxylic acids is 2. The molecule has 0 aliphatic carbocycles. The Morgan fingerprint density at radius 2 is 2.12 bits per heavy atom. The van der Waals surface area contributed by atoms with Gasteiger partial charge in [-0.1, -0.05) is 0 Å². The van der Waals surface area contributed by atoms with Crippen LogP contribution in [0.5, 0.6) is 0 Å². The Morgan fingerprint density at radius 3 is 2.65 bits per heavy atom. The van der Waals surface area contributed by atoms with Crippen molar-refractivity contribution >= 4 is 12.0 Å². The van der Waals surface area contributed by atoms with Crippen molar-refractivity contribution in [1.29, 1.82) is 0 Å². The molecular weight excluding hydrogens is 220 g/mol. The normalized spacial score (nSPS) is 28.6. The molecule has 96 valence electrons. The molecule has 0 aromatic carbocycles. The molecule has 5 heteroatoms. The molecular formula is C12H20N2O3. The van der Waals surface area contributed by atoms with Crippen molar-refractivity contribution in [3.05, 3.63) is 0 Å². The number of nitrogens with zero attached hydrogens (tertiary/aromatic N) is 1. The zero-order chi connectivity index (χ0) is 12.7. The highest BCUT2D eigenvalue weighted by molar-refractivity contribution is 5.80. The molecule has 0 radical (unpaired) electrons. The molecule has 0 bridgehead atoms. The van der Waals surface area contributed by atoms with Crippen molar-refractivity contribution in [3.63, 3.8) is 0 Å². The molecule has 2 heterocycles. The van der Waals surface area contributed by atoms with Gasteiger partial charge in [-0.15, -0.1) is 0 Å². The van der Waals surface area contributed by atoms with Gasteiger partial charge in [0.25, 0.3) is 0 Å². The Bertz CT molecular complexity index is 348. The largest absolute Gasteiger partial charge is 0.444 e. The number of ether oxygens (including phenoxy) is 1. The van der Waals surface area contributed by atoms with Crippen LogP contribution in [-0.2, 0) is 9.53 Å². The molecule has 0 aromatic heterocycles. The second-order valence-electron chi connectivity index (χ2n) is 5.98. The average Bonchev–Trinajstić information content (AvgIpc) is 2.72. The molecule has 1 atom stereocenters. The van der Waals surface area contributed by atoms with Crippen molar-refractivity contribution in [3.8, 4) is 0 Å². The maximum absolute atomic E-state index is 11.9. The van der Waals surface area contributed by atoms with Crippen LogP contribution in [0.1, 0.15) is 40.0 Å². The lowest BCUT2D eigenvalue weighted by molar-refractivity contribution is -0.119. The maximum Gasteiger partial charge on any atom is 0.410 e. The molecule has 17 heavy (non-hydrogen) atoms. The zero-order valence-electron chi connectivity index (χ0n) is 10.7. The van der Waals surface area contributed by atoms with Gasteiger partial charge >= 0.3 is 6.09 Å². The summed E-state index contributed by atoms with van der Waals surface area (Å²) in [5.41, 5.74) is -0.653. The van der Waals surface area contributed by atoms with Crippen LogP contribution in [-0.4, -0.2) is 41.1 Å². The lowest BCUT2D eigenvalue weighted by Crippen LogP contribution is -2.45. The molecule has 0 unspecified atom stereocenters. The summed E-state index contributed by atoms with van der Waals surface area (Å²) in [6, 6.07) is 0. The fourth-order valence-electron chi connectivity index (χ4n) is 2.43. The van der Waals surface area contributed by atoms with Crippen LogP contribution < -0.4 is 5.32 Å². The lowest BCUT2D eigenvalue weighted by Gasteiger charge is -2.26. The van der Waals surface area contributed by atoms with E-state index in [9.17, 15) is 9.59 Å². The van der Waals surface area contributed by atoms with Crippen molar-refractivity contribution in [2.45, 2.75) is 51.2 Å². The molecule has 5 nitrogen and oxygen atoms in total. The number of carbonyl (C=O) groups is 2. The Hall–Kier alpha value is -1.26. The molecule has 0 saturated carbocycles. The van der Waals surface area contributed by atoms with Crippen molar-refractivity contribution in [2.75, 3.05) is 13.1 Å². The van der Waals surface area contributed by atoms with Gasteiger partial charge in [-0.2, -0.15) is 0 Å². The molecule has 2 rings (SSSR count). The first kappa shape index (κ1) is 12.2. The molecule has 1 N–H and O–H groups in total. The number of hydrogen-bond acceptors (Lipinski definition) is 3. The van der Waals surface area contributed by atoms with Gasteiger partial charge in [-0.05, 0) is 33.6 Å². The second-order valence-corrected chi connectivity index (χ2v) is 5.98. The molecule has 1 spiro atoms. The fraction of sp³-hybridized carbons (Fsp3) is 0.833. The number of hydrogen-bond donors (Lipinski definition) is 1. The third-order valence-electron chi connectivity index (χ3n) is 3.24. The van der Waals surface area contributed by atoms with E-state index in [0.29, 0.717) is 19.5 Å². The zero-order valence-corrected chi connectivity index (χ0v) is 10.7. The standard InChI is InChI=1S/C12H20N2O3/c1-11(2,3)17-10(16)14-7-6-12(8-14)5-4-9(15)13-12/h4-8H2,1-3H3,(H,13,15)/t12-/m0/s1. The third kappa shape index (κ3) is 2.70. The summed E-state index contributed by atoms with van der Waals surface area (Å²) in [4.78, 5) is 24.8. The van der Waals surface area contributed by atoms with Crippen molar-refractivity contribution < 1.29 is 14.3 Å². The van der Waals surface area contributed by atoms with E-state index in [2.05, 4.69) is 5.32 Å². The lowest BCUT2D eigenvalue weighted by atomic mass is 9.97. The van der Waals surface area contributed by atoms with Gasteiger partial charge in [0.15, 0.2) is 0 Å². The highest BCUT2D eigenvalue weighted by atomic mass is 16.6. The molecule has 2 saturated heterocycles. The Labute approximate surface area is 101 Å². The first-order chi connectivity index (χ1) is 7.80. The molecule has 0 aromatic rings. The number of amides is 2. The Balaban J connectivity index is 1.94. The van der Waals surface area contributed by atoms with Gasteiger partial charge in [0.05, 0.1) is 5.54 Å². The first-order valence-electron chi connectivity index (χ1n) is 6.09. The van der Waals surface area contributed by atoms with E-state index in [-0.39, 0.29) is 17.5 Å². The van der Waals surface area contributed by atoms with Gasteiger partial charge in [-0.3, -0.25) is 4.79 Å². The third-order valence-corrected chi connectivity index (χ3v) is 3.24. The maximum atomic E-state index is 11.9. The second kappa shape index (κ2) is 3.89. The van der Waals surface area contributed by atoms with E-state index in [0.717, 1.165) is 12.8 Å². The molecule has 2 aliphatic heterocycles. The summed E-state index contributed by atoms with van der Waals surface area (Å²) >= 11 is 0. The van der Waals surface area contributed by atoms with Crippen LogP contribution in [0.2, 0.25) is 0 Å². The summed E-state index contributed by atoms with van der Waals surface area (Å²) in [5.74, 6) is 0.0936. The van der Waals surface area contributed by atoms with E-state index < -0.39 is 5.60 Å². The summed E-state index contributed by atoms with van der Waals surface area (Å²) in [6.07, 6.45) is 1.95. The van der Waals surface area contributed by atoms with Gasteiger partial charge in [-0.25, -0.2) is 4.79 Å². The van der Waals surface area contributed by atoms with E-state index in [1.165, 1.54) is 0 Å². The number of rotatable bonds is 0. The number of nitrogens with one attached hydrogen (secondary N) is 1. The van der Waals surface area contributed by atoms with Gasteiger partial charge < -0.3 is 15.0 Å². The van der Waals surface area contributed by atoms with Gasteiger partial charge in [0.1, 0.15) is 5.60 Å². The van der Waals surface area contributed by atoms with E-state index in [1.807, 2.05) is 20.8 Å². The number of likely N-dealkylation sites (tertiary alicyclic amines) is 1. The van der Waals surface area contributed by atoms with Crippen LogP contribution >= 0.6 is 0 Å². The quantitative estimate of drug-likeness (QED) is 0.694. The van der Waals surface area contributed by atoms with Crippen LogP contribution in [0.25, 0.3) is 0 Å². The monoisotopic (exact) mass is 240 g/mol. The van der Waals surface area contributed by atoms with Crippen molar-refractivity contribution in [2.24, 2.45) is 0 Å². The summed E-state index contributed by atoms with van der Waals surface area (Å²) in [5, 5.41) is 2.99. The average molecular weight is 240 g/mol. The first-order valence-corrected chi connectivity index (χ1v) is 6.09. The van der Waals surface area contributed by atoms with Crippen molar-refractivity contribution in [1.82, 2.24) is 10.2 Å². The molecule has 2 aliphatic rings. The Morgan fingerprint density at radius 1 is 1.41 bits per heavy atom. The van der Waals surface area contributed by atoms with Crippen LogP contribution in [0.3, 0.4) is 0 Å². The van der Waals surface area contributed by atoms with Crippen LogP contribution in [0.15, 0.2) is 0 Å². The smallest absolute Gasteiger partial charge is 0.410 e. The highest BCUT2D eigenvalue weighted by Crippen LogP contribution is 2.31. The summed E-state index contributed by atoms with van der Waals surface area (Å²) in [6.45, 7) is 6.80. The summed E-state index contributed by atoms with van der Waals surface area (Å²) in [7, 11) is 0. The molecule has 2 fully saturated rings.